The summed E-state index contributed by atoms with van der Waals surface area (Å²) in [6.07, 6.45) is 2.34. The molecule has 2 bridgehead atoms. The van der Waals surface area contributed by atoms with E-state index in [1.165, 1.54) is 17.5 Å². The molecule has 1 aromatic carbocycles. The van der Waals surface area contributed by atoms with Gasteiger partial charge in [0, 0.05) is 11.5 Å². The van der Waals surface area contributed by atoms with Gasteiger partial charge < -0.3 is 10.1 Å². The Bertz CT molecular complexity index is 520. The minimum Gasteiger partial charge on any atom is -0.496 e. The molecule has 1 N–H and O–H groups in total. The lowest BCUT2D eigenvalue weighted by Gasteiger charge is -2.57. The van der Waals surface area contributed by atoms with Crippen molar-refractivity contribution in [2.75, 3.05) is 13.7 Å². The minimum absolute atomic E-state index is 0.271. The second-order valence-electron chi connectivity index (χ2n) is 6.99. The van der Waals surface area contributed by atoms with Gasteiger partial charge in [0.25, 0.3) is 0 Å². The quantitative estimate of drug-likeness (QED) is 0.836. The van der Waals surface area contributed by atoms with Gasteiger partial charge in [0.1, 0.15) is 5.75 Å². The van der Waals surface area contributed by atoms with Crippen LogP contribution in [0.15, 0.2) is 12.1 Å². The van der Waals surface area contributed by atoms with Crippen LogP contribution >= 0.6 is 0 Å². The van der Waals surface area contributed by atoms with E-state index in [4.69, 9.17) is 4.74 Å². The van der Waals surface area contributed by atoms with Gasteiger partial charge in [-0.05, 0) is 54.5 Å². The second-order valence-corrected chi connectivity index (χ2v) is 6.99. The number of rotatable bonds is 1. The Kier molecular flexibility index (Phi) is 2.72. The van der Waals surface area contributed by atoms with Gasteiger partial charge in [-0.3, -0.25) is 0 Å². The second kappa shape index (κ2) is 3.99. The first-order valence-corrected chi connectivity index (χ1v) is 7.31. The van der Waals surface area contributed by atoms with Gasteiger partial charge in [0.05, 0.1) is 7.11 Å². The van der Waals surface area contributed by atoms with E-state index < -0.39 is 0 Å². The minimum atomic E-state index is 0.271. The summed E-state index contributed by atoms with van der Waals surface area (Å²) in [6, 6.07) is 5.21. The van der Waals surface area contributed by atoms with Crippen molar-refractivity contribution in [1.82, 2.24) is 5.32 Å². The van der Waals surface area contributed by atoms with E-state index in [1.54, 1.807) is 12.7 Å². The topological polar surface area (TPSA) is 21.3 Å². The lowest BCUT2D eigenvalue weighted by atomic mass is 9.51. The van der Waals surface area contributed by atoms with Crippen LogP contribution in [-0.2, 0) is 11.8 Å². The maximum absolute atomic E-state index is 5.50. The summed E-state index contributed by atoms with van der Waals surface area (Å²) in [4.78, 5) is 0. The summed E-state index contributed by atoms with van der Waals surface area (Å²) in [6.45, 7) is 10.6. The zero-order valence-electron chi connectivity index (χ0n) is 12.8. The first-order chi connectivity index (χ1) is 8.90. The molecule has 2 heteroatoms. The van der Waals surface area contributed by atoms with Crippen LogP contribution in [0.2, 0.25) is 0 Å². The lowest BCUT2D eigenvalue weighted by Crippen LogP contribution is -2.62. The van der Waals surface area contributed by atoms with Crippen LogP contribution in [0.4, 0.5) is 0 Å². The van der Waals surface area contributed by atoms with Crippen molar-refractivity contribution in [2.24, 2.45) is 5.41 Å². The molecule has 3 rings (SSSR count). The predicted octanol–water partition coefficient (Wildman–Crippen LogP) is 3.21. The number of fused-ring (bicyclic) bond motifs is 4. The monoisotopic (exact) mass is 259 g/mol. The highest BCUT2D eigenvalue weighted by molar-refractivity contribution is 5.49. The Hall–Kier alpha value is -1.02. The highest BCUT2D eigenvalue weighted by atomic mass is 16.5. The molecule has 1 aliphatic heterocycles. The SMILES string of the molecule is COc1cc2c(cc1C)[C@]1(C)CCN[C@H](C2)C1(C)C. The first-order valence-electron chi connectivity index (χ1n) is 7.31. The number of methoxy groups -OCH3 is 1. The third kappa shape index (κ3) is 1.59. The van der Waals surface area contributed by atoms with Crippen molar-refractivity contribution in [3.05, 3.63) is 28.8 Å². The number of hydrogen-bond donors (Lipinski definition) is 1. The number of nitrogens with one attached hydrogen (secondary N) is 1. The van der Waals surface area contributed by atoms with Crippen molar-refractivity contribution in [3.8, 4) is 5.75 Å². The van der Waals surface area contributed by atoms with E-state index in [1.807, 2.05) is 0 Å². The Balaban J connectivity index is 2.21. The van der Waals surface area contributed by atoms with E-state index in [-0.39, 0.29) is 5.41 Å². The van der Waals surface area contributed by atoms with E-state index in [0.717, 1.165) is 18.7 Å². The maximum Gasteiger partial charge on any atom is 0.122 e. The van der Waals surface area contributed by atoms with Crippen molar-refractivity contribution >= 4 is 0 Å². The maximum atomic E-state index is 5.50. The highest BCUT2D eigenvalue weighted by Gasteiger charge is 2.53. The number of aryl methyl sites for hydroxylation is 1. The van der Waals surface area contributed by atoms with Crippen molar-refractivity contribution < 1.29 is 4.74 Å². The van der Waals surface area contributed by atoms with Crippen LogP contribution in [0.5, 0.6) is 5.75 Å². The zero-order valence-corrected chi connectivity index (χ0v) is 12.8. The van der Waals surface area contributed by atoms with E-state index in [0.29, 0.717) is 11.5 Å². The number of piperidine rings is 1. The summed E-state index contributed by atoms with van der Waals surface area (Å²) in [5, 5.41) is 3.72. The average molecular weight is 259 g/mol. The Morgan fingerprint density at radius 1 is 1.26 bits per heavy atom. The van der Waals surface area contributed by atoms with Gasteiger partial charge in [-0.15, -0.1) is 0 Å². The van der Waals surface area contributed by atoms with E-state index >= 15 is 0 Å². The van der Waals surface area contributed by atoms with Crippen LogP contribution in [0.25, 0.3) is 0 Å². The molecule has 0 aromatic heterocycles. The molecule has 2 aliphatic rings. The van der Waals surface area contributed by atoms with E-state index in [2.05, 4.69) is 45.1 Å². The third-order valence-electron chi connectivity index (χ3n) is 5.95. The average Bonchev–Trinajstić information content (AvgIpc) is 2.34. The molecule has 2 atom stereocenters. The van der Waals surface area contributed by atoms with Gasteiger partial charge in [-0.2, -0.15) is 0 Å². The standard InChI is InChI=1S/C17H25NO/c1-11-8-13-12(9-14(11)19-5)10-15-16(2,3)17(13,4)6-7-18-15/h8-9,15,18H,6-7,10H2,1-5H3/t15-,17+/m1/s1. The molecular formula is C17H25NO. The van der Waals surface area contributed by atoms with Crippen LogP contribution in [0.3, 0.4) is 0 Å². The van der Waals surface area contributed by atoms with Crippen LogP contribution in [0, 0.1) is 12.3 Å². The Morgan fingerprint density at radius 2 is 2.00 bits per heavy atom. The summed E-state index contributed by atoms with van der Waals surface area (Å²) in [5.74, 6) is 1.03. The molecule has 0 radical (unpaired) electrons. The Morgan fingerprint density at radius 3 is 2.68 bits per heavy atom. The molecular weight excluding hydrogens is 234 g/mol. The fourth-order valence-corrected chi connectivity index (χ4v) is 4.12. The summed E-state index contributed by atoms with van der Waals surface area (Å²) < 4.78 is 5.50. The molecule has 2 nitrogen and oxygen atoms in total. The predicted molar refractivity (Wildman–Crippen MR) is 79.0 cm³/mol. The molecule has 1 heterocycles. The van der Waals surface area contributed by atoms with Crippen LogP contribution < -0.4 is 10.1 Å². The first kappa shape index (κ1) is 13.0. The molecule has 0 saturated carbocycles. The fourth-order valence-electron chi connectivity index (χ4n) is 4.12. The Labute approximate surface area is 116 Å². The molecule has 0 spiro atoms. The lowest BCUT2D eigenvalue weighted by molar-refractivity contribution is 0.0558. The molecule has 1 saturated heterocycles. The molecule has 1 aliphatic carbocycles. The molecule has 0 unspecified atom stereocenters. The summed E-state index contributed by atoms with van der Waals surface area (Å²) >= 11 is 0. The molecule has 0 amide bonds. The molecule has 1 fully saturated rings. The van der Waals surface area contributed by atoms with Gasteiger partial charge in [-0.25, -0.2) is 0 Å². The van der Waals surface area contributed by atoms with Crippen molar-refractivity contribution in [3.63, 3.8) is 0 Å². The third-order valence-corrected chi connectivity index (χ3v) is 5.95. The smallest absolute Gasteiger partial charge is 0.122 e. The number of hydrogen-bond acceptors (Lipinski definition) is 2. The van der Waals surface area contributed by atoms with Gasteiger partial charge >= 0.3 is 0 Å². The fraction of sp³-hybridized carbons (Fsp3) is 0.647. The van der Waals surface area contributed by atoms with E-state index in [9.17, 15) is 0 Å². The normalized spacial score (nSPS) is 31.7. The molecule has 104 valence electrons. The van der Waals surface area contributed by atoms with Crippen molar-refractivity contribution in [1.29, 1.82) is 0 Å². The van der Waals surface area contributed by atoms with Crippen LogP contribution in [-0.4, -0.2) is 19.7 Å². The summed E-state index contributed by atoms with van der Waals surface area (Å²) in [5.41, 5.74) is 4.86. The summed E-state index contributed by atoms with van der Waals surface area (Å²) in [7, 11) is 1.77. The highest BCUT2D eigenvalue weighted by Crippen LogP contribution is 2.54. The van der Waals surface area contributed by atoms with Crippen LogP contribution in [0.1, 0.15) is 43.9 Å². The number of benzene rings is 1. The van der Waals surface area contributed by atoms with Gasteiger partial charge in [-0.1, -0.05) is 26.8 Å². The molecule has 19 heavy (non-hydrogen) atoms. The van der Waals surface area contributed by atoms with Gasteiger partial charge in [0.2, 0.25) is 0 Å². The van der Waals surface area contributed by atoms with Crippen molar-refractivity contribution in [2.45, 2.75) is 52.0 Å². The van der Waals surface area contributed by atoms with Gasteiger partial charge in [0.15, 0.2) is 0 Å². The zero-order chi connectivity index (χ0) is 13.8. The largest absolute Gasteiger partial charge is 0.496 e. The number of ether oxygens (including phenoxy) is 1. The molecule has 1 aromatic rings.